The minimum absolute atomic E-state index is 0.0430. The Kier molecular flexibility index (Phi) is 6.30. The Morgan fingerprint density at radius 2 is 1.23 bits per heavy atom. The summed E-state index contributed by atoms with van der Waals surface area (Å²) in [6.45, 7) is 4.48. The van der Waals surface area contributed by atoms with Crippen LogP contribution in [-0.2, 0) is 5.41 Å². The van der Waals surface area contributed by atoms with E-state index in [1.807, 2.05) is 0 Å². The Balaban J connectivity index is 1.09. The van der Waals surface area contributed by atoms with Crippen LogP contribution in [0, 0.1) is 6.92 Å². The summed E-state index contributed by atoms with van der Waals surface area (Å²) in [4.78, 5) is 0. The fourth-order valence-electron chi connectivity index (χ4n) is 7.77. The molecule has 0 aromatic heterocycles. The molecule has 1 aliphatic carbocycles. The van der Waals surface area contributed by atoms with Crippen molar-refractivity contribution in [3.63, 3.8) is 0 Å². The molecule has 1 aliphatic heterocycles. The third-order valence-electron chi connectivity index (χ3n) is 10.3. The van der Waals surface area contributed by atoms with Crippen LogP contribution < -0.4 is 4.74 Å². The molecule has 0 spiro atoms. The normalized spacial score (nSPS) is 18.1. The lowest BCUT2D eigenvalue weighted by molar-refractivity contribution is 0.208. The lowest BCUT2D eigenvalue weighted by Gasteiger charge is -2.35. The maximum absolute atomic E-state index is 6.63. The summed E-state index contributed by atoms with van der Waals surface area (Å²) in [5, 5.41) is 5.06. The van der Waals surface area contributed by atoms with E-state index >= 15 is 0 Å². The molecule has 1 heterocycles. The van der Waals surface area contributed by atoms with Crippen LogP contribution in [0.4, 0.5) is 0 Å². The maximum atomic E-state index is 6.63. The molecule has 0 bridgehead atoms. The fraction of sp³-hybridized carbons (Fsp3) is 0.0870. The van der Waals surface area contributed by atoms with E-state index in [1.165, 1.54) is 77.2 Å². The van der Waals surface area contributed by atoms with Crippen molar-refractivity contribution in [3.05, 3.63) is 181 Å². The first kappa shape index (κ1) is 27.6. The fourth-order valence-corrected chi connectivity index (χ4v) is 7.77. The maximum Gasteiger partial charge on any atom is 0.137 e. The average Bonchev–Trinajstić information content (AvgIpc) is 3.53. The highest BCUT2D eigenvalue weighted by molar-refractivity contribution is 6.14. The molecular formula is C46H34O. The zero-order chi connectivity index (χ0) is 31.5. The summed E-state index contributed by atoms with van der Waals surface area (Å²) < 4.78 is 6.63. The summed E-state index contributed by atoms with van der Waals surface area (Å²) in [5.41, 5.74) is 12.2. The van der Waals surface area contributed by atoms with Gasteiger partial charge in [0.15, 0.2) is 0 Å². The molecule has 47 heavy (non-hydrogen) atoms. The molecule has 9 rings (SSSR count). The highest BCUT2D eigenvalue weighted by Crippen LogP contribution is 2.50. The molecule has 0 N–H and O–H groups in total. The van der Waals surface area contributed by atoms with Gasteiger partial charge in [0, 0.05) is 11.1 Å². The number of benzene rings is 7. The predicted molar refractivity (Wildman–Crippen MR) is 198 cm³/mol. The molecule has 7 aromatic carbocycles. The van der Waals surface area contributed by atoms with Gasteiger partial charge in [-0.15, -0.1) is 0 Å². The Morgan fingerprint density at radius 1 is 0.553 bits per heavy atom. The van der Waals surface area contributed by atoms with Gasteiger partial charge >= 0.3 is 0 Å². The van der Waals surface area contributed by atoms with Gasteiger partial charge in [0.05, 0.1) is 5.41 Å². The molecule has 224 valence electrons. The molecule has 2 atom stereocenters. The van der Waals surface area contributed by atoms with Crippen molar-refractivity contribution in [1.29, 1.82) is 0 Å². The largest absolute Gasteiger partial charge is 0.484 e. The summed E-state index contributed by atoms with van der Waals surface area (Å²) in [6.07, 6.45) is 6.69. The van der Waals surface area contributed by atoms with Crippen LogP contribution in [0.3, 0.4) is 0 Å². The monoisotopic (exact) mass is 602 g/mol. The van der Waals surface area contributed by atoms with Crippen LogP contribution in [0.2, 0.25) is 0 Å². The molecule has 2 aliphatic rings. The zero-order valence-electron chi connectivity index (χ0n) is 26.6. The van der Waals surface area contributed by atoms with Gasteiger partial charge in [-0.3, -0.25) is 0 Å². The van der Waals surface area contributed by atoms with Crippen LogP contribution in [0.1, 0.15) is 23.6 Å². The first-order chi connectivity index (χ1) is 23.1. The quantitative estimate of drug-likeness (QED) is 0.182. The average molecular weight is 603 g/mol. The third kappa shape index (κ3) is 4.46. The first-order valence-electron chi connectivity index (χ1n) is 16.5. The van der Waals surface area contributed by atoms with E-state index in [9.17, 15) is 0 Å². The van der Waals surface area contributed by atoms with Crippen LogP contribution >= 0.6 is 0 Å². The Morgan fingerprint density at radius 3 is 2.06 bits per heavy atom. The van der Waals surface area contributed by atoms with Crippen molar-refractivity contribution in [3.8, 4) is 39.1 Å². The zero-order valence-corrected chi connectivity index (χ0v) is 26.6. The summed E-state index contributed by atoms with van der Waals surface area (Å²) in [7, 11) is 0. The van der Waals surface area contributed by atoms with Crippen molar-refractivity contribution in [1.82, 2.24) is 0 Å². The van der Waals surface area contributed by atoms with E-state index in [0.717, 1.165) is 5.75 Å². The number of rotatable bonds is 4. The Labute approximate surface area is 276 Å². The molecule has 0 fully saturated rings. The summed E-state index contributed by atoms with van der Waals surface area (Å²) in [5.74, 6) is 0.988. The van der Waals surface area contributed by atoms with Crippen LogP contribution in [-0.4, -0.2) is 6.10 Å². The molecule has 0 saturated carbocycles. The van der Waals surface area contributed by atoms with Gasteiger partial charge in [-0.05, 0) is 104 Å². The van der Waals surface area contributed by atoms with Gasteiger partial charge < -0.3 is 4.74 Å². The van der Waals surface area contributed by atoms with E-state index in [2.05, 4.69) is 178 Å². The summed E-state index contributed by atoms with van der Waals surface area (Å²) in [6, 6.07) is 53.1. The van der Waals surface area contributed by atoms with Crippen LogP contribution in [0.25, 0.3) is 60.5 Å². The minimum atomic E-state index is -0.270. The molecule has 0 amide bonds. The minimum Gasteiger partial charge on any atom is -0.484 e. The second-order valence-electron chi connectivity index (χ2n) is 13.1. The summed E-state index contributed by atoms with van der Waals surface area (Å²) >= 11 is 0. The highest BCUT2D eigenvalue weighted by Gasteiger charge is 2.44. The number of ether oxygens (including phenoxy) is 1. The van der Waals surface area contributed by atoms with Crippen molar-refractivity contribution in [2.75, 3.05) is 0 Å². The van der Waals surface area contributed by atoms with Crippen molar-refractivity contribution in [2.45, 2.75) is 25.4 Å². The highest BCUT2D eigenvalue weighted by atomic mass is 16.5. The van der Waals surface area contributed by atoms with Crippen molar-refractivity contribution in [2.24, 2.45) is 0 Å². The number of aryl methyl sites for hydroxylation is 1. The SMILES string of the molecule is Cc1cccc2c1C1=CC=CC(C)(c3ccc(-c4cc5ccc(-c6cccc(-c7ccccc7)c6)cc5c5ccccc45)cc3)C1O2. The van der Waals surface area contributed by atoms with Gasteiger partial charge in [0.25, 0.3) is 0 Å². The smallest absolute Gasteiger partial charge is 0.137 e. The van der Waals surface area contributed by atoms with E-state index in [-0.39, 0.29) is 11.5 Å². The second-order valence-corrected chi connectivity index (χ2v) is 13.1. The Bertz CT molecular complexity index is 2390. The Hall–Kier alpha value is -5.66. The van der Waals surface area contributed by atoms with E-state index in [4.69, 9.17) is 4.74 Å². The molecule has 1 nitrogen and oxygen atoms in total. The molecule has 7 aromatic rings. The van der Waals surface area contributed by atoms with E-state index < -0.39 is 0 Å². The first-order valence-corrected chi connectivity index (χ1v) is 16.5. The van der Waals surface area contributed by atoms with Gasteiger partial charge in [-0.2, -0.15) is 0 Å². The topological polar surface area (TPSA) is 9.23 Å². The predicted octanol–water partition coefficient (Wildman–Crippen LogP) is 12.0. The molecule has 0 radical (unpaired) electrons. The van der Waals surface area contributed by atoms with Gasteiger partial charge in [-0.1, -0.05) is 140 Å². The molecule has 2 unspecified atom stereocenters. The number of fused-ring (bicyclic) bond motifs is 6. The number of hydrogen-bond donors (Lipinski definition) is 0. The van der Waals surface area contributed by atoms with Crippen LogP contribution in [0.15, 0.2) is 164 Å². The van der Waals surface area contributed by atoms with Gasteiger partial charge in [0.1, 0.15) is 11.9 Å². The van der Waals surface area contributed by atoms with Crippen molar-refractivity contribution < 1.29 is 4.74 Å². The lowest BCUT2D eigenvalue weighted by atomic mass is 9.71. The second kappa shape index (κ2) is 10.7. The third-order valence-corrected chi connectivity index (χ3v) is 10.3. The number of allylic oxidation sites excluding steroid dienone is 2. The number of hydrogen-bond acceptors (Lipinski definition) is 1. The molecule has 1 heteroatoms. The van der Waals surface area contributed by atoms with Crippen molar-refractivity contribution >= 4 is 27.1 Å². The van der Waals surface area contributed by atoms with E-state index in [0.29, 0.717) is 0 Å². The molecule has 0 saturated heterocycles. The van der Waals surface area contributed by atoms with Crippen LogP contribution in [0.5, 0.6) is 5.75 Å². The molecular weight excluding hydrogens is 569 g/mol. The lowest BCUT2D eigenvalue weighted by Crippen LogP contribution is -2.39. The standard InChI is InChI=1S/C46H34O/c1-30-11-8-19-43-44(30)40-18-10-26-46(2,45(40)47-43)37-24-22-32(23-25-37)41-29-36-21-20-35(28-42(36)39-17-7-6-16-38(39)41)34-15-9-14-33(27-34)31-12-4-3-5-13-31/h3-29,45H,1-2H3. The van der Waals surface area contributed by atoms with E-state index in [1.54, 1.807) is 0 Å². The van der Waals surface area contributed by atoms with Gasteiger partial charge in [-0.25, -0.2) is 0 Å². The van der Waals surface area contributed by atoms with Gasteiger partial charge in [0.2, 0.25) is 0 Å².